The van der Waals surface area contributed by atoms with Gasteiger partial charge in [0.1, 0.15) is 5.76 Å². The summed E-state index contributed by atoms with van der Waals surface area (Å²) in [5.74, 6) is 2.44. The van der Waals surface area contributed by atoms with Crippen molar-refractivity contribution in [2.24, 2.45) is 4.99 Å². The van der Waals surface area contributed by atoms with Crippen LogP contribution in [0, 0.1) is 6.92 Å². The summed E-state index contributed by atoms with van der Waals surface area (Å²) in [5, 5.41) is 11.0. The fourth-order valence-electron chi connectivity index (χ4n) is 3.49. The number of hydrogen-bond donors (Lipinski definition) is 2. The number of hydrogen-bond acceptors (Lipinski definition) is 3. The number of nitrogens with one attached hydrogen (secondary N) is 2. The van der Waals surface area contributed by atoms with Gasteiger partial charge in [-0.1, -0.05) is 43.7 Å². The van der Waals surface area contributed by atoms with Crippen molar-refractivity contribution in [1.29, 1.82) is 0 Å². The first-order chi connectivity index (χ1) is 10.8. The van der Waals surface area contributed by atoms with Crippen LogP contribution in [0.4, 0.5) is 5.82 Å². The molecule has 2 fully saturated rings. The summed E-state index contributed by atoms with van der Waals surface area (Å²) in [6, 6.07) is 2.90. The largest absolute Gasteiger partial charge is 0.360 e. The third-order valence-corrected chi connectivity index (χ3v) is 4.71. The topological polar surface area (TPSA) is 62.5 Å². The molecule has 0 spiro atoms. The highest BCUT2D eigenvalue weighted by Gasteiger charge is 2.18. The second-order valence-corrected chi connectivity index (χ2v) is 6.70. The minimum atomic E-state index is 0.445. The van der Waals surface area contributed by atoms with E-state index in [-0.39, 0.29) is 0 Å². The number of aryl methyl sites for hydroxylation is 1. The van der Waals surface area contributed by atoms with E-state index < -0.39 is 0 Å². The van der Waals surface area contributed by atoms with Crippen molar-refractivity contribution in [2.75, 3.05) is 5.32 Å². The summed E-state index contributed by atoms with van der Waals surface area (Å²) in [5.41, 5.74) is 0. The van der Waals surface area contributed by atoms with E-state index in [0.29, 0.717) is 12.1 Å². The van der Waals surface area contributed by atoms with Crippen LogP contribution in [0.3, 0.4) is 0 Å². The Morgan fingerprint density at radius 1 is 1.09 bits per heavy atom. The van der Waals surface area contributed by atoms with Gasteiger partial charge < -0.3 is 15.2 Å². The lowest BCUT2D eigenvalue weighted by Crippen LogP contribution is -2.41. The quantitative estimate of drug-likeness (QED) is 0.654. The standard InChI is InChI=1S/C17H28N4O/c1-13-12-16(21-22-13)20-17(18-14-8-4-2-5-9-14)19-15-10-6-3-7-11-15/h12,14-15H,2-11H2,1H3,(H2,18,19,20,21). The zero-order chi connectivity index (χ0) is 15.2. The highest BCUT2D eigenvalue weighted by Crippen LogP contribution is 2.21. The molecule has 0 atom stereocenters. The highest BCUT2D eigenvalue weighted by atomic mass is 16.5. The normalized spacial score (nSPS) is 21.8. The number of rotatable bonds is 3. The minimum Gasteiger partial charge on any atom is -0.360 e. The molecule has 3 rings (SSSR count). The van der Waals surface area contributed by atoms with Gasteiger partial charge in [0.25, 0.3) is 0 Å². The number of aromatic nitrogens is 1. The van der Waals surface area contributed by atoms with E-state index in [2.05, 4.69) is 15.8 Å². The number of guanidine groups is 1. The maximum atomic E-state index is 5.15. The number of nitrogens with zero attached hydrogens (tertiary/aromatic N) is 2. The molecule has 22 heavy (non-hydrogen) atoms. The van der Waals surface area contributed by atoms with Crippen LogP contribution in [-0.4, -0.2) is 23.2 Å². The van der Waals surface area contributed by atoms with Crippen LogP contribution in [0.25, 0.3) is 0 Å². The van der Waals surface area contributed by atoms with Crippen LogP contribution in [0.2, 0.25) is 0 Å². The first kappa shape index (κ1) is 15.4. The van der Waals surface area contributed by atoms with Crippen molar-refractivity contribution in [3.63, 3.8) is 0 Å². The molecule has 2 saturated carbocycles. The molecular weight excluding hydrogens is 276 g/mol. The van der Waals surface area contributed by atoms with Crippen molar-refractivity contribution >= 4 is 11.8 Å². The van der Waals surface area contributed by atoms with Gasteiger partial charge >= 0.3 is 0 Å². The third-order valence-electron chi connectivity index (χ3n) is 4.71. The first-order valence-electron chi connectivity index (χ1n) is 8.84. The second kappa shape index (κ2) is 7.65. The maximum Gasteiger partial charge on any atom is 0.197 e. The average molecular weight is 304 g/mol. The zero-order valence-corrected chi connectivity index (χ0v) is 13.6. The van der Waals surface area contributed by atoms with Gasteiger partial charge in [-0.15, -0.1) is 0 Å². The molecule has 0 bridgehead atoms. The van der Waals surface area contributed by atoms with E-state index >= 15 is 0 Å². The van der Waals surface area contributed by atoms with Crippen LogP contribution in [-0.2, 0) is 0 Å². The van der Waals surface area contributed by atoms with E-state index in [4.69, 9.17) is 9.52 Å². The van der Waals surface area contributed by atoms with E-state index in [1.165, 1.54) is 64.2 Å². The summed E-state index contributed by atoms with van der Waals surface area (Å²) < 4.78 is 5.15. The molecule has 0 aromatic carbocycles. The van der Waals surface area contributed by atoms with Crippen LogP contribution in [0.1, 0.15) is 70.0 Å². The minimum absolute atomic E-state index is 0.445. The number of aliphatic imine (C=N–C) groups is 1. The summed E-state index contributed by atoms with van der Waals surface area (Å²) in [7, 11) is 0. The molecule has 5 nitrogen and oxygen atoms in total. The molecule has 0 aliphatic heterocycles. The summed E-state index contributed by atoms with van der Waals surface area (Å²) in [6.07, 6.45) is 12.8. The maximum absolute atomic E-state index is 5.15. The zero-order valence-electron chi connectivity index (χ0n) is 13.6. The molecule has 122 valence electrons. The Morgan fingerprint density at radius 2 is 1.77 bits per heavy atom. The van der Waals surface area contributed by atoms with Gasteiger partial charge in [-0.05, 0) is 32.6 Å². The SMILES string of the molecule is Cc1cc(NC(=NC2CCCCC2)NC2CCCCC2)no1. The fraction of sp³-hybridized carbons (Fsp3) is 0.765. The van der Waals surface area contributed by atoms with Crippen molar-refractivity contribution in [1.82, 2.24) is 10.5 Å². The number of anilines is 1. The van der Waals surface area contributed by atoms with E-state index in [1.807, 2.05) is 13.0 Å². The van der Waals surface area contributed by atoms with Gasteiger partial charge in [0.15, 0.2) is 11.8 Å². The molecular formula is C17H28N4O. The van der Waals surface area contributed by atoms with Gasteiger partial charge in [0, 0.05) is 12.1 Å². The van der Waals surface area contributed by atoms with Gasteiger partial charge in [-0.2, -0.15) is 0 Å². The predicted molar refractivity (Wildman–Crippen MR) is 89.2 cm³/mol. The molecule has 1 heterocycles. The van der Waals surface area contributed by atoms with Crippen LogP contribution in [0.5, 0.6) is 0 Å². The van der Waals surface area contributed by atoms with Gasteiger partial charge in [0.2, 0.25) is 0 Å². The van der Waals surface area contributed by atoms with Crippen LogP contribution >= 0.6 is 0 Å². The molecule has 5 heteroatoms. The summed E-state index contributed by atoms with van der Waals surface area (Å²) in [4.78, 5) is 4.95. The molecule has 2 aliphatic carbocycles. The Morgan fingerprint density at radius 3 is 2.41 bits per heavy atom. The molecule has 2 N–H and O–H groups in total. The van der Waals surface area contributed by atoms with Crippen molar-refractivity contribution in [3.8, 4) is 0 Å². The van der Waals surface area contributed by atoms with Crippen molar-refractivity contribution in [2.45, 2.75) is 83.2 Å². The van der Waals surface area contributed by atoms with E-state index in [0.717, 1.165) is 17.5 Å². The summed E-state index contributed by atoms with van der Waals surface area (Å²) >= 11 is 0. The molecule has 0 saturated heterocycles. The first-order valence-corrected chi connectivity index (χ1v) is 8.84. The summed E-state index contributed by atoms with van der Waals surface area (Å²) in [6.45, 7) is 1.91. The second-order valence-electron chi connectivity index (χ2n) is 6.70. The van der Waals surface area contributed by atoms with Gasteiger partial charge in [0.05, 0.1) is 6.04 Å². The predicted octanol–water partition coefficient (Wildman–Crippen LogP) is 4.01. The lowest BCUT2D eigenvalue weighted by molar-refractivity contribution is 0.399. The Balaban J connectivity index is 1.67. The lowest BCUT2D eigenvalue weighted by atomic mass is 9.95. The third kappa shape index (κ3) is 4.49. The lowest BCUT2D eigenvalue weighted by Gasteiger charge is -2.26. The molecule has 1 aromatic heterocycles. The monoisotopic (exact) mass is 304 g/mol. The Labute approximate surface area is 132 Å². The highest BCUT2D eigenvalue weighted by molar-refractivity contribution is 5.93. The van der Waals surface area contributed by atoms with Gasteiger partial charge in [-0.3, -0.25) is 0 Å². The van der Waals surface area contributed by atoms with Crippen LogP contribution in [0.15, 0.2) is 15.6 Å². The van der Waals surface area contributed by atoms with E-state index in [9.17, 15) is 0 Å². The Bertz CT molecular complexity index is 485. The smallest absolute Gasteiger partial charge is 0.197 e. The molecule has 0 amide bonds. The molecule has 0 unspecified atom stereocenters. The van der Waals surface area contributed by atoms with Crippen LogP contribution < -0.4 is 10.6 Å². The van der Waals surface area contributed by atoms with Crippen molar-refractivity contribution in [3.05, 3.63) is 11.8 Å². The van der Waals surface area contributed by atoms with Crippen molar-refractivity contribution < 1.29 is 4.52 Å². The fourth-order valence-corrected chi connectivity index (χ4v) is 3.49. The molecule has 2 aliphatic rings. The average Bonchev–Trinajstić information content (AvgIpc) is 2.94. The van der Waals surface area contributed by atoms with Gasteiger partial charge in [-0.25, -0.2) is 4.99 Å². The molecule has 1 aromatic rings. The van der Waals surface area contributed by atoms with E-state index in [1.54, 1.807) is 0 Å². The Kier molecular flexibility index (Phi) is 5.35. The Hall–Kier alpha value is -1.52. The molecule has 0 radical (unpaired) electrons.